The number of nitrogens with zero attached hydrogens (tertiary/aromatic N) is 1. The molecule has 0 spiro atoms. The van der Waals surface area contributed by atoms with Crippen molar-refractivity contribution in [1.82, 2.24) is 0 Å². The van der Waals surface area contributed by atoms with Crippen molar-refractivity contribution >= 4 is 28.5 Å². The number of allylic oxidation sites excluding steroid dienone is 19. The summed E-state index contributed by atoms with van der Waals surface area (Å²) in [6.07, 6.45) is 39.0. The third-order valence-corrected chi connectivity index (χ3v) is 15.0. The van der Waals surface area contributed by atoms with E-state index in [4.69, 9.17) is 4.74 Å². The molecule has 0 fully saturated rings. The molecule has 5 aromatic rings. The molecule has 0 saturated carbocycles. The van der Waals surface area contributed by atoms with Gasteiger partial charge in [0.25, 0.3) is 0 Å². The fraction of sp³-hybridized carbons (Fsp3) is 0.169. The van der Waals surface area contributed by atoms with Crippen LogP contribution < -0.4 is 9.64 Å². The highest BCUT2D eigenvalue weighted by molar-refractivity contribution is 5.86. The van der Waals surface area contributed by atoms with Gasteiger partial charge < -0.3 is 9.64 Å². The Morgan fingerprint density at radius 3 is 2.25 bits per heavy atom. The van der Waals surface area contributed by atoms with Crippen LogP contribution in [0.5, 0.6) is 5.75 Å². The van der Waals surface area contributed by atoms with E-state index >= 15 is 0 Å². The second-order valence-electron chi connectivity index (χ2n) is 19.1. The van der Waals surface area contributed by atoms with Gasteiger partial charge in [0.05, 0.1) is 0 Å². The van der Waals surface area contributed by atoms with Crippen molar-refractivity contribution in [1.29, 1.82) is 0 Å². The number of anilines is 1. The van der Waals surface area contributed by atoms with E-state index in [1.807, 2.05) is 0 Å². The fourth-order valence-electron chi connectivity index (χ4n) is 11.3. The van der Waals surface area contributed by atoms with E-state index in [1.165, 1.54) is 67.2 Å². The van der Waals surface area contributed by atoms with Crippen molar-refractivity contribution in [3.05, 3.63) is 275 Å². The summed E-state index contributed by atoms with van der Waals surface area (Å²) in [7, 11) is 0. The molecule has 6 atom stereocenters. The zero-order chi connectivity index (χ0) is 45.5. The zero-order valence-corrected chi connectivity index (χ0v) is 38.7. The van der Waals surface area contributed by atoms with Gasteiger partial charge in [-0.05, 0) is 135 Å². The van der Waals surface area contributed by atoms with E-state index in [0.717, 1.165) is 35.3 Å². The Hall–Kier alpha value is -7.42. The summed E-state index contributed by atoms with van der Waals surface area (Å²) in [4.78, 5) is 2.55. The minimum Gasteiger partial charge on any atom is -0.485 e. The van der Waals surface area contributed by atoms with Gasteiger partial charge in [0, 0.05) is 39.9 Å². The number of hydrogen-bond donors (Lipinski definition) is 0. The highest BCUT2D eigenvalue weighted by Crippen LogP contribution is 2.54. The van der Waals surface area contributed by atoms with E-state index in [2.05, 4.69) is 257 Å². The lowest BCUT2D eigenvalue weighted by atomic mass is 9.59. The Morgan fingerprint density at radius 2 is 1.46 bits per heavy atom. The van der Waals surface area contributed by atoms with Crippen LogP contribution in [0.2, 0.25) is 0 Å². The average molecular weight is 868 g/mol. The lowest BCUT2D eigenvalue weighted by molar-refractivity contribution is 0.248. The fourth-order valence-corrected chi connectivity index (χ4v) is 11.3. The Bertz CT molecular complexity index is 3100. The third kappa shape index (κ3) is 7.85. The van der Waals surface area contributed by atoms with E-state index < -0.39 is 0 Å². The first-order valence-corrected chi connectivity index (χ1v) is 24.1. The molecule has 0 saturated heterocycles. The van der Waals surface area contributed by atoms with Crippen LogP contribution >= 0.6 is 0 Å². The summed E-state index contributed by atoms with van der Waals surface area (Å²) in [6.45, 7) is 11.5. The Morgan fingerprint density at radius 1 is 0.716 bits per heavy atom. The number of ether oxygens (including phenoxy) is 1. The van der Waals surface area contributed by atoms with Gasteiger partial charge in [0.15, 0.2) is 0 Å². The van der Waals surface area contributed by atoms with Crippen molar-refractivity contribution in [2.45, 2.75) is 45.6 Å². The van der Waals surface area contributed by atoms with Crippen LogP contribution in [0.4, 0.5) is 5.69 Å². The van der Waals surface area contributed by atoms with Gasteiger partial charge >= 0.3 is 0 Å². The predicted molar refractivity (Wildman–Crippen MR) is 283 cm³/mol. The van der Waals surface area contributed by atoms with Crippen LogP contribution in [0.3, 0.4) is 0 Å². The maximum Gasteiger partial charge on any atom is 0.128 e. The molecule has 1 heterocycles. The molecule has 6 unspecified atom stereocenters. The summed E-state index contributed by atoms with van der Waals surface area (Å²) in [6, 6.07) is 46.1. The Labute approximate surface area is 397 Å². The Balaban J connectivity index is 0.899. The monoisotopic (exact) mass is 867 g/mol. The van der Waals surface area contributed by atoms with Crippen LogP contribution in [0.25, 0.3) is 33.9 Å². The van der Waals surface area contributed by atoms with E-state index in [1.54, 1.807) is 0 Å². The van der Waals surface area contributed by atoms with Crippen molar-refractivity contribution in [3.8, 4) is 16.9 Å². The average Bonchev–Trinajstić information content (AvgIpc) is 3.75. The molecule has 6 aliphatic rings. The normalized spacial score (nSPS) is 24.6. The first kappa shape index (κ1) is 42.2. The summed E-state index contributed by atoms with van der Waals surface area (Å²) < 4.78 is 6.56. The van der Waals surface area contributed by atoms with Crippen LogP contribution in [-0.2, 0) is 0 Å². The molecule has 0 amide bonds. The van der Waals surface area contributed by atoms with E-state index in [0.29, 0.717) is 5.92 Å². The molecule has 1 aliphatic heterocycles. The maximum absolute atomic E-state index is 6.56. The van der Waals surface area contributed by atoms with E-state index in [9.17, 15) is 0 Å². The second-order valence-corrected chi connectivity index (χ2v) is 19.1. The minimum absolute atomic E-state index is 0.0201. The summed E-state index contributed by atoms with van der Waals surface area (Å²) in [5, 5.41) is 0. The third-order valence-electron chi connectivity index (χ3n) is 15.0. The molecule has 11 rings (SSSR count). The van der Waals surface area contributed by atoms with Crippen LogP contribution in [0.15, 0.2) is 248 Å². The maximum atomic E-state index is 6.56. The first-order valence-electron chi connectivity index (χ1n) is 24.1. The van der Waals surface area contributed by atoms with Gasteiger partial charge in [-0.2, -0.15) is 0 Å². The highest BCUT2D eigenvalue weighted by Gasteiger charge is 2.44. The molecular formula is C65H57NO. The quantitative estimate of drug-likeness (QED) is 0.139. The predicted octanol–water partition coefficient (Wildman–Crippen LogP) is 16.5. The summed E-state index contributed by atoms with van der Waals surface area (Å²) in [5.41, 5.74) is 18.5. The van der Waals surface area contributed by atoms with Crippen molar-refractivity contribution in [3.63, 3.8) is 0 Å². The van der Waals surface area contributed by atoms with Crippen LogP contribution in [0.1, 0.15) is 67.3 Å². The topological polar surface area (TPSA) is 12.5 Å². The van der Waals surface area contributed by atoms with Gasteiger partial charge in [0.2, 0.25) is 0 Å². The summed E-state index contributed by atoms with van der Waals surface area (Å²) in [5.74, 6) is 1.93. The van der Waals surface area contributed by atoms with Gasteiger partial charge in [0.1, 0.15) is 11.9 Å². The largest absolute Gasteiger partial charge is 0.485 e. The smallest absolute Gasteiger partial charge is 0.128 e. The number of hydrogen-bond acceptors (Lipinski definition) is 2. The van der Waals surface area contributed by atoms with Gasteiger partial charge in [-0.15, -0.1) is 0 Å². The SMILES string of the molecule is C=C(C1=CC2c3cc(C4=CC=CC(C5(C)C=CC(N(C6=CC=C(c7ccccc7)C(C)C6)c6ccc(-c7ccccc7)cc6)=C6C=CC=CC65)C4)ccc3OC2C=C1)c1ccccc1/C=C\C. The highest BCUT2D eigenvalue weighted by atomic mass is 16.5. The number of benzene rings is 5. The first-order chi connectivity index (χ1) is 32.9. The van der Waals surface area contributed by atoms with Crippen molar-refractivity contribution < 1.29 is 4.74 Å². The zero-order valence-electron chi connectivity index (χ0n) is 38.7. The molecule has 328 valence electrons. The number of rotatable bonds is 10. The lowest BCUT2D eigenvalue weighted by Gasteiger charge is -2.46. The Kier molecular flexibility index (Phi) is 11.2. The van der Waals surface area contributed by atoms with Crippen LogP contribution in [-0.4, -0.2) is 6.10 Å². The van der Waals surface area contributed by atoms with Crippen molar-refractivity contribution in [2.75, 3.05) is 4.90 Å². The molecule has 0 N–H and O–H groups in total. The molecule has 2 heteroatoms. The standard InChI is InChI=1S/C65H57NO/c1-5-17-48-22-12-13-25-57(48)45(3)50-30-36-63-59(42-50)60-43-52(31-37-64(60)67-63)51-23-16-24-53(41-51)65(4)39-38-62(58-26-14-15-27-61(58)65)66(54-32-28-47(29-33-54)46-18-8-6-9-19-46)55-34-35-56(44(2)40-55)49-20-10-7-11-21-49/h5-39,42-44,53,59,61,63H,3,40-41H2,1-2,4H3/b17-5-. The van der Waals surface area contributed by atoms with E-state index in [-0.39, 0.29) is 29.3 Å². The molecule has 0 bridgehead atoms. The van der Waals surface area contributed by atoms with Crippen molar-refractivity contribution in [2.24, 2.45) is 23.2 Å². The molecule has 2 nitrogen and oxygen atoms in total. The van der Waals surface area contributed by atoms with Gasteiger partial charge in [-0.25, -0.2) is 0 Å². The lowest BCUT2D eigenvalue weighted by Crippen LogP contribution is -2.38. The second kappa shape index (κ2) is 17.8. The summed E-state index contributed by atoms with van der Waals surface area (Å²) >= 11 is 0. The van der Waals surface area contributed by atoms with Crippen LogP contribution in [0, 0.1) is 23.2 Å². The van der Waals surface area contributed by atoms with Gasteiger partial charge in [-0.1, -0.05) is 203 Å². The molecule has 5 aliphatic carbocycles. The molecular weight excluding hydrogens is 811 g/mol. The number of fused-ring (bicyclic) bond motifs is 4. The molecule has 0 aromatic heterocycles. The molecule has 5 aromatic carbocycles. The molecule has 0 radical (unpaired) electrons. The van der Waals surface area contributed by atoms with Gasteiger partial charge in [-0.3, -0.25) is 0 Å². The minimum atomic E-state index is -0.159. The molecule has 67 heavy (non-hydrogen) atoms.